The minimum atomic E-state index is -0.410. The lowest BCUT2D eigenvalue weighted by Crippen LogP contribution is -2.36. The van der Waals surface area contributed by atoms with Crippen molar-refractivity contribution < 1.29 is 4.74 Å². The number of nitrogens with one attached hydrogen (secondary N) is 1. The zero-order valence-corrected chi connectivity index (χ0v) is 14.2. The Bertz CT molecular complexity index is 798. The first-order chi connectivity index (χ1) is 9.93. The zero-order valence-electron chi connectivity index (χ0n) is 12.6. The van der Waals surface area contributed by atoms with Gasteiger partial charge in [-0.1, -0.05) is 0 Å². The van der Waals surface area contributed by atoms with E-state index in [9.17, 15) is 4.79 Å². The number of H-pyrrole nitrogens is 1. The predicted octanol–water partition coefficient (Wildman–Crippen LogP) is 3.42. The lowest BCUT2D eigenvalue weighted by atomic mass is 10.1. The van der Waals surface area contributed by atoms with Crippen molar-refractivity contribution in [3.63, 3.8) is 0 Å². The van der Waals surface area contributed by atoms with E-state index in [2.05, 4.69) is 4.98 Å². The number of hydrogen-bond donors (Lipinski definition) is 1. The van der Waals surface area contributed by atoms with Gasteiger partial charge in [-0.25, -0.2) is 0 Å². The number of aryl methyl sites for hydroxylation is 2. The van der Waals surface area contributed by atoms with Crippen LogP contribution in [0.1, 0.15) is 37.6 Å². The Morgan fingerprint density at radius 3 is 2.90 bits per heavy atom. The van der Waals surface area contributed by atoms with E-state index < -0.39 is 5.60 Å². The quantitative estimate of drug-likeness (QED) is 0.877. The molecule has 21 heavy (non-hydrogen) atoms. The maximum Gasteiger partial charge on any atom is 0.263 e. The summed E-state index contributed by atoms with van der Waals surface area (Å²) in [5, 5.41) is 0.841. The van der Waals surface area contributed by atoms with Crippen molar-refractivity contribution in [2.45, 2.75) is 52.2 Å². The molecule has 0 fully saturated rings. The van der Waals surface area contributed by atoms with Crippen LogP contribution in [0, 0.1) is 4.77 Å². The Labute approximate surface area is 132 Å². The van der Waals surface area contributed by atoms with E-state index in [1.54, 1.807) is 15.9 Å². The predicted molar refractivity (Wildman–Crippen MR) is 89.0 cm³/mol. The first-order valence-corrected chi connectivity index (χ1v) is 8.57. The number of aromatic nitrogens is 2. The molecule has 3 rings (SSSR count). The van der Waals surface area contributed by atoms with Crippen LogP contribution in [0.2, 0.25) is 0 Å². The van der Waals surface area contributed by atoms with Gasteiger partial charge in [0.15, 0.2) is 4.77 Å². The van der Waals surface area contributed by atoms with Crippen molar-refractivity contribution in [2.24, 2.45) is 0 Å². The summed E-state index contributed by atoms with van der Waals surface area (Å²) >= 11 is 7.07. The average molecular weight is 324 g/mol. The number of fused-ring (bicyclic) bond motifs is 3. The van der Waals surface area contributed by atoms with E-state index in [1.165, 1.54) is 10.4 Å². The standard InChI is InChI=1S/C15H20N2O2S2/c1-4-19-15(2,3)8-17-13(18)11-9-6-5-7-10(9)21-12(11)16-14(17)20/h4-8H2,1-3H3,(H,16,20). The molecule has 0 amide bonds. The van der Waals surface area contributed by atoms with Crippen LogP contribution in [0.5, 0.6) is 0 Å². The summed E-state index contributed by atoms with van der Waals surface area (Å²) in [6.45, 7) is 7.02. The Hall–Kier alpha value is -0.980. The molecule has 0 unspecified atom stereocenters. The van der Waals surface area contributed by atoms with Gasteiger partial charge in [0.25, 0.3) is 5.56 Å². The van der Waals surface area contributed by atoms with E-state index in [-0.39, 0.29) is 5.56 Å². The summed E-state index contributed by atoms with van der Waals surface area (Å²) in [7, 11) is 0. The largest absolute Gasteiger partial charge is 0.374 e. The van der Waals surface area contributed by atoms with Gasteiger partial charge in [0.05, 0.1) is 17.5 Å². The number of aromatic amines is 1. The van der Waals surface area contributed by atoms with Gasteiger partial charge in [-0.2, -0.15) is 0 Å². The molecule has 1 aliphatic carbocycles. The van der Waals surface area contributed by atoms with Crippen molar-refractivity contribution in [2.75, 3.05) is 6.61 Å². The molecule has 114 valence electrons. The Morgan fingerprint density at radius 1 is 1.43 bits per heavy atom. The zero-order chi connectivity index (χ0) is 15.2. The maximum atomic E-state index is 12.9. The molecule has 1 aliphatic rings. The number of nitrogens with zero attached hydrogens (tertiary/aromatic N) is 1. The van der Waals surface area contributed by atoms with E-state index in [1.807, 2.05) is 20.8 Å². The molecule has 2 aromatic rings. The average Bonchev–Trinajstić information content (AvgIpc) is 2.94. The summed E-state index contributed by atoms with van der Waals surface area (Å²) in [6.07, 6.45) is 3.24. The van der Waals surface area contributed by atoms with Gasteiger partial charge in [0.1, 0.15) is 4.83 Å². The lowest BCUT2D eigenvalue weighted by Gasteiger charge is -2.25. The van der Waals surface area contributed by atoms with Gasteiger partial charge in [0, 0.05) is 11.5 Å². The molecule has 0 aliphatic heterocycles. The second kappa shape index (κ2) is 5.34. The third-order valence-corrected chi connectivity index (χ3v) is 5.45. The molecule has 0 aromatic carbocycles. The van der Waals surface area contributed by atoms with Crippen LogP contribution in [0.4, 0.5) is 0 Å². The summed E-state index contributed by atoms with van der Waals surface area (Å²) in [4.78, 5) is 18.4. The topological polar surface area (TPSA) is 47.0 Å². The highest BCUT2D eigenvalue weighted by atomic mass is 32.1. The van der Waals surface area contributed by atoms with E-state index in [0.717, 1.165) is 29.5 Å². The van der Waals surface area contributed by atoms with Crippen molar-refractivity contribution in [3.05, 3.63) is 25.6 Å². The summed E-state index contributed by atoms with van der Waals surface area (Å²) < 4.78 is 7.85. The number of ether oxygens (including phenoxy) is 1. The van der Waals surface area contributed by atoms with Crippen molar-refractivity contribution in [1.82, 2.24) is 9.55 Å². The van der Waals surface area contributed by atoms with Crippen LogP contribution in [0.15, 0.2) is 4.79 Å². The van der Waals surface area contributed by atoms with Gasteiger partial charge in [0.2, 0.25) is 0 Å². The number of thiophene rings is 1. The maximum absolute atomic E-state index is 12.9. The molecular formula is C15H20N2O2S2. The van der Waals surface area contributed by atoms with Gasteiger partial charge < -0.3 is 9.72 Å². The highest BCUT2D eigenvalue weighted by Gasteiger charge is 2.24. The summed E-state index contributed by atoms with van der Waals surface area (Å²) in [5.74, 6) is 0. The molecule has 0 saturated carbocycles. The fraction of sp³-hybridized carbons (Fsp3) is 0.600. The van der Waals surface area contributed by atoms with Crippen LogP contribution >= 0.6 is 23.6 Å². The van der Waals surface area contributed by atoms with E-state index >= 15 is 0 Å². The first-order valence-electron chi connectivity index (χ1n) is 7.34. The molecule has 6 heteroatoms. The SMILES string of the molecule is CCOC(C)(C)Cn1c(=S)[nH]c2sc3c(c2c1=O)CCC3. The highest BCUT2D eigenvalue weighted by Crippen LogP contribution is 2.34. The van der Waals surface area contributed by atoms with E-state index in [4.69, 9.17) is 17.0 Å². The van der Waals surface area contributed by atoms with Crippen LogP contribution in [0.3, 0.4) is 0 Å². The Morgan fingerprint density at radius 2 is 2.19 bits per heavy atom. The molecule has 0 radical (unpaired) electrons. The van der Waals surface area contributed by atoms with Crippen molar-refractivity contribution >= 4 is 33.8 Å². The highest BCUT2D eigenvalue weighted by molar-refractivity contribution is 7.71. The van der Waals surface area contributed by atoms with Crippen LogP contribution < -0.4 is 5.56 Å². The summed E-state index contributed by atoms with van der Waals surface area (Å²) in [5.41, 5.74) is 0.850. The first kappa shape index (κ1) is 14.9. The Kier molecular flexibility index (Phi) is 3.80. The van der Waals surface area contributed by atoms with Crippen LogP contribution in [-0.2, 0) is 24.1 Å². The molecule has 0 bridgehead atoms. The second-order valence-corrected chi connectivity index (χ2v) is 7.57. The monoisotopic (exact) mass is 324 g/mol. The Balaban J connectivity index is 2.15. The molecule has 4 nitrogen and oxygen atoms in total. The van der Waals surface area contributed by atoms with Gasteiger partial charge in [-0.3, -0.25) is 9.36 Å². The third-order valence-electron chi connectivity index (χ3n) is 3.92. The van der Waals surface area contributed by atoms with Crippen molar-refractivity contribution in [1.29, 1.82) is 0 Å². The molecule has 2 aromatic heterocycles. The molecule has 0 atom stereocenters. The van der Waals surface area contributed by atoms with Crippen LogP contribution in [0.25, 0.3) is 10.2 Å². The molecule has 0 spiro atoms. The lowest BCUT2D eigenvalue weighted by molar-refractivity contribution is -0.0233. The molecule has 0 saturated heterocycles. The molecule has 1 N–H and O–H groups in total. The summed E-state index contributed by atoms with van der Waals surface area (Å²) in [6, 6.07) is 0. The number of rotatable bonds is 4. The van der Waals surface area contributed by atoms with Crippen molar-refractivity contribution in [3.8, 4) is 0 Å². The molecular weight excluding hydrogens is 304 g/mol. The normalized spacial score (nSPS) is 14.8. The third kappa shape index (κ3) is 2.60. The smallest absolute Gasteiger partial charge is 0.263 e. The van der Waals surface area contributed by atoms with Gasteiger partial charge in [-0.05, 0) is 57.8 Å². The fourth-order valence-corrected chi connectivity index (χ4v) is 4.67. The van der Waals surface area contributed by atoms with Gasteiger partial charge >= 0.3 is 0 Å². The minimum Gasteiger partial charge on any atom is -0.374 e. The number of hydrogen-bond acceptors (Lipinski definition) is 4. The fourth-order valence-electron chi connectivity index (χ4n) is 3.07. The van der Waals surface area contributed by atoms with E-state index in [0.29, 0.717) is 17.9 Å². The van der Waals surface area contributed by atoms with Crippen LogP contribution in [-0.4, -0.2) is 21.8 Å². The minimum absolute atomic E-state index is 0.0286. The molecule has 2 heterocycles. The second-order valence-electron chi connectivity index (χ2n) is 6.08. The van der Waals surface area contributed by atoms with Gasteiger partial charge in [-0.15, -0.1) is 11.3 Å².